The van der Waals surface area contributed by atoms with Gasteiger partial charge in [-0.3, -0.25) is 15.1 Å². The third-order valence-corrected chi connectivity index (χ3v) is 4.76. The molecule has 1 amide bonds. The van der Waals surface area contributed by atoms with Crippen LogP contribution in [0, 0.1) is 0 Å². The molecule has 0 aliphatic rings. The molecular formula is C24H25N5O3S. The van der Waals surface area contributed by atoms with Crippen molar-refractivity contribution in [2.24, 2.45) is 10.7 Å². The molecule has 3 rings (SSSR count). The average molecular weight is 464 g/mol. The van der Waals surface area contributed by atoms with Gasteiger partial charge in [-0.05, 0) is 70.2 Å². The molecule has 3 N–H and O–H groups in total. The van der Waals surface area contributed by atoms with E-state index < -0.39 is 17.5 Å². The van der Waals surface area contributed by atoms with Crippen LogP contribution in [0.15, 0.2) is 70.8 Å². The quantitative estimate of drug-likeness (QED) is 0.403. The first-order valence-electron chi connectivity index (χ1n) is 10.1. The van der Waals surface area contributed by atoms with Gasteiger partial charge in [0.2, 0.25) is 0 Å². The Morgan fingerprint density at radius 2 is 1.85 bits per heavy atom. The number of hydrogen-bond donors (Lipinski definition) is 2. The Hall–Kier alpha value is -3.85. The molecule has 0 saturated carbocycles. The summed E-state index contributed by atoms with van der Waals surface area (Å²) >= 11 is 1.28. The van der Waals surface area contributed by atoms with Gasteiger partial charge in [0.25, 0.3) is 5.91 Å². The molecule has 1 aromatic carbocycles. The summed E-state index contributed by atoms with van der Waals surface area (Å²) in [5.41, 5.74) is 7.99. The fourth-order valence-corrected chi connectivity index (χ4v) is 3.34. The van der Waals surface area contributed by atoms with Crippen molar-refractivity contribution in [2.75, 3.05) is 5.32 Å². The highest BCUT2D eigenvalue weighted by molar-refractivity contribution is 7.14. The van der Waals surface area contributed by atoms with Crippen LogP contribution in [0.25, 0.3) is 11.4 Å². The van der Waals surface area contributed by atoms with Crippen LogP contribution in [0.3, 0.4) is 0 Å². The normalized spacial score (nSPS) is 12.4. The fourth-order valence-electron chi connectivity index (χ4n) is 2.64. The predicted octanol–water partition coefficient (Wildman–Crippen LogP) is 4.73. The molecule has 170 valence electrons. The monoisotopic (exact) mass is 463 g/mol. The molecule has 0 saturated heterocycles. The number of esters is 1. The highest BCUT2D eigenvalue weighted by atomic mass is 32.1. The van der Waals surface area contributed by atoms with E-state index in [-0.39, 0.29) is 5.71 Å². The largest absolute Gasteiger partial charge is 0.456 e. The van der Waals surface area contributed by atoms with Crippen LogP contribution >= 0.6 is 11.3 Å². The maximum absolute atomic E-state index is 12.9. The van der Waals surface area contributed by atoms with E-state index in [1.165, 1.54) is 17.4 Å². The SMILES string of the molecule is C/C(N)=C/C(=Nc1ccc(C(=O)OC(C)(C)C)cc1)C(=O)Nc1nc(-c2ccccn2)cs1. The third-order valence-electron chi connectivity index (χ3n) is 4.00. The van der Waals surface area contributed by atoms with Crippen LogP contribution in [0.2, 0.25) is 0 Å². The van der Waals surface area contributed by atoms with E-state index in [2.05, 4.69) is 20.3 Å². The smallest absolute Gasteiger partial charge is 0.338 e. The number of benzene rings is 1. The molecule has 0 bridgehead atoms. The van der Waals surface area contributed by atoms with E-state index in [1.54, 1.807) is 58.2 Å². The first-order chi connectivity index (χ1) is 15.6. The minimum Gasteiger partial charge on any atom is -0.456 e. The molecule has 0 fully saturated rings. The van der Waals surface area contributed by atoms with Crippen LogP contribution in [0.5, 0.6) is 0 Å². The van der Waals surface area contributed by atoms with Gasteiger partial charge in [0.15, 0.2) is 5.13 Å². The number of aromatic nitrogens is 2. The molecule has 0 radical (unpaired) electrons. The van der Waals surface area contributed by atoms with E-state index in [1.807, 2.05) is 23.6 Å². The van der Waals surface area contributed by atoms with Gasteiger partial charge in [0, 0.05) is 17.3 Å². The number of ether oxygens (including phenoxy) is 1. The van der Waals surface area contributed by atoms with Gasteiger partial charge in [-0.2, -0.15) is 0 Å². The minimum absolute atomic E-state index is 0.106. The van der Waals surface area contributed by atoms with Crippen molar-refractivity contribution in [3.8, 4) is 11.4 Å². The molecule has 2 aromatic heterocycles. The summed E-state index contributed by atoms with van der Waals surface area (Å²) in [6, 6.07) is 12.0. The van der Waals surface area contributed by atoms with Crippen LogP contribution in [0.4, 0.5) is 10.8 Å². The van der Waals surface area contributed by atoms with Gasteiger partial charge in [0.1, 0.15) is 17.0 Å². The highest BCUT2D eigenvalue weighted by Crippen LogP contribution is 2.23. The first-order valence-corrected chi connectivity index (χ1v) is 11.0. The average Bonchev–Trinajstić information content (AvgIpc) is 3.21. The van der Waals surface area contributed by atoms with Crippen molar-refractivity contribution >= 4 is 39.7 Å². The Morgan fingerprint density at radius 1 is 1.12 bits per heavy atom. The number of anilines is 1. The Labute approximate surface area is 196 Å². The van der Waals surface area contributed by atoms with Crippen LogP contribution in [-0.2, 0) is 9.53 Å². The standard InChI is InChI=1S/C24H25N5O3S/c1-15(25)13-19(27-17-10-8-16(9-11-17)22(31)32-24(2,3)4)21(30)29-23-28-20(14-33-23)18-7-5-6-12-26-18/h5-14H,25H2,1-4H3,(H,28,29,30)/b15-13-,27-19?. The number of rotatable bonds is 6. The number of nitrogens with two attached hydrogens (primary N) is 1. The molecule has 0 atom stereocenters. The number of nitrogens with zero attached hydrogens (tertiary/aromatic N) is 3. The van der Waals surface area contributed by atoms with Crippen molar-refractivity contribution in [1.29, 1.82) is 0 Å². The molecule has 8 nitrogen and oxygen atoms in total. The minimum atomic E-state index is -0.588. The summed E-state index contributed by atoms with van der Waals surface area (Å²) in [4.78, 5) is 38.1. The lowest BCUT2D eigenvalue weighted by atomic mass is 10.1. The summed E-state index contributed by atoms with van der Waals surface area (Å²) in [5, 5.41) is 4.98. The molecule has 0 aliphatic heterocycles. The maximum Gasteiger partial charge on any atom is 0.338 e. The van der Waals surface area contributed by atoms with Gasteiger partial charge in [0.05, 0.1) is 16.9 Å². The Kier molecular flexibility index (Phi) is 7.34. The van der Waals surface area contributed by atoms with Crippen LogP contribution < -0.4 is 11.1 Å². The van der Waals surface area contributed by atoms with E-state index in [0.717, 1.165) is 0 Å². The molecule has 0 spiro atoms. The summed E-state index contributed by atoms with van der Waals surface area (Å²) in [5.74, 6) is -0.890. The highest BCUT2D eigenvalue weighted by Gasteiger charge is 2.18. The van der Waals surface area contributed by atoms with Crippen LogP contribution in [-0.4, -0.2) is 33.2 Å². The van der Waals surface area contributed by atoms with Crippen molar-refractivity contribution in [3.63, 3.8) is 0 Å². The number of carbonyl (C=O) groups is 2. The fraction of sp³-hybridized carbons (Fsp3) is 0.208. The van der Waals surface area contributed by atoms with Gasteiger partial charge >= 0.3 is 5.97 Å². The van der Waals surface area contributed by atoms with Crippen molar-refractivity contribution in [3.05, 3.63) is 71.4 Å². The molecule has 0 unspecified atom stereocenters. The lowest BCUT2D eigenvalue weighted by Gasteiger charge is -2.19. The van der Waals surface area contributed by atoms with Gasteiger partial charge in [-0.15, -0.1) is 11.3 Å². The predicted molar refractivity (Wildman–Crippen MR) is 131 cm³/mol. The second-order valence-corrected chi connectivity index (χ2v) is 9.00. The number of thiazole rings is 1. The Morgan fingerprint density at radius 3 is 2.45 bits per heavy atom. The van der Waals surface area contributed by atoms with Gasteiger partial charge in [-0.1, -0.05) is 6.07 Å². The third kappa shape index (κ3) is 7.08. The summed E-state index contributed by atoms with van der Waals surface area (Å²) < 4.78 is 5.36. The van der Waals surface area contributed by atoms with Crippen molar-refractivity contribution in [1.82, 2.24) is 9.97 Å². The zero-order chi connectivity index (χ0) is 24.0. The topological polar surface area (TPSA) is 120 Å². The zero-order valence-corrected chi connectivity index (χ0v) is 19.6. The van der Waals surface area contributed by atoms with E-state index in [9.17, 15) is 9.59 Å². The number of amides is 1. The number of carbonyl (C=O) groups excluding carboxylic acids is 2. The molecular weight excluding hydrogens is 438 g/mol. The van der Waals surface area contributed by atoms with E-state index >= 15 is 0 Å². The maximum atomic E-state index is 12.9. The lowest BCUT2D eigenvalue weighted by molar-refractivity contribution is -0.110. The number of hydrogen-bond acceptors (Lipinski definition) is 8. The Balaban J connectivity index is 1.78. The zero-order valence-electron chi connectivity index (χ0n) is 18.8. The van der Waals surface area contributed by atoms with E-state index in [0.29, 0.717) is 33.5 Å². The lowest BCUT2D eigenvalue weighted by Crippen LogP contribution is -2.23. The molecule has 9 heteroatoms. The van der Waals surface area contributed by atoms with Crippen molar-refractivity contribution < 1.29 is 14.3 Å². The summed E-state index contributed by atoms with van der Waals surface area (Å²) in [7, 11) is 0. The summed E-state index contributed by atoms with van der Waals surface area (Å²) in [6.45, 7) is 7.07. The van der Waals surface area contributed by atoms with Crippen molar-refractivity contribution in [2.45, 2.75) is 33.3 Å². The Bertz CT molecular complexity index is 1190. The van der Waals surface area contributed by atoms with Crippen LogP contribution in [0.1, 0.15) is 38.1 Å². The molecule has 33 heavy (non-hydrogen) atoms. The van der Waals surface area contributed by atoms with Gasteiger partial charge in [-0.25, -0.2) is 14.8 Å². The van der Waals surface area contributed by atoms with Gasteiger partial charge < -0.3 is 10.5 Å². The first kappa shape index (κ1) is 23.8. The number of allylic oxidation sites excluding steroid dienone is 1. The number of aliphatic imine (C=N–C) groups is 1. The molecule has 0 aliphatic carbocycles. The second kappa shape index (κ2) is 10.2. The number of nitrogens with one attached hydrogen (secondary N) is 1. The molecule has 3 aromatic rings. The molecule has 2 heterocycles. The van der Waals surface area contributed by atoms with E-state index in [4.69, 9.17) is 10.5 Å². The number of pyridine rings is 1. The summed E-state index contributed by atoms with van der Waals surface area (Å²) in [6.07, 6.45) is 3.16. The second-order valence-electron chi connectivity index (χ2n) is 8.14.